The van der Waals surface area contributed by atoms with E-state index in [-0.39, 0.29) is 18.3 Å². The summed E-state index contributed by atoms with van der Waals surface area (Å²) in [5.41, 5.74) is 0.611. The number of thiophene rings is 1. The second-order valence-electron chi connectivity index (χ2n) is 5.45. The van der Waals surface area contributed by atoms with Gasteiger partial charge in [-0.25, -0.2) is 4.39 Å². The van der Waals surface area contributed by atoms with E-state index in [1.165, 1.54) is 6.07 Å². The minimum absolute atomic E-state index is 0.129. The second-order valence-corrected chi connectivity index (χ2v) is 6.62. The van der Waals surface area contributed by atoms with Crippen molar-refractivity contribution in [3.05, 3.63) is 47.1 Å². The molecular formula is C17H20FNO2S. The van der Waals surface area contributed by atoms with Crippen molar-refractivity contribution < 1.29 is 14.3 Å². The summed E-state index contributed by atoms with van der Waals surface area (Å²) in [7, 11) is 0. The Kier molecular flexibility index (Phi) is 5.69. The molecule has 0 bridgehead atoms. The van der Waals surface area contributed by atoms with E-state index in [2.05, 4.69) is 4.90 Å². The van der Waals surface area contributed by atoms with E-state index in [1.54, 1.807) is 23.5 Å². The van der Waals surface area contributed by atoms with Gasteiger partial charge in [-0.3, -0.25) is 9.69 Å². The molecule has 1 aromatic heterocycles. The first-order valence-electron chi connectivity index (χ1n) is 7.27. The maximum atomic E-state index is 13.8. The molecule has 3 nitrogen and oxygen atoms in total. The smallest absolute Gasteiger partial charge is 0.304 e. The monoisotopic (exact) mass is 321 g/mol. The first kappa shape index (κ1) is 16.6. The molecule has 0 aliphatic rings. The quantitative estimate of drug-likeness (QED) is 0.829. The molecule has 0 amide bonds. The van der Waals surface area contributed by atoms with Crippen molar-refractivity contribution in [2.24, 2.45) is 0 Å². The van der Waals surface area contributed by atoms with Crippen LogP contribution >= 0.6 is 11.3 Å². The van der Waals surface area contributed by atoms with Crippen LogP contribution in [0.2, 0.25) is 0 Å². The highest BCUT2D eigenvalue weighted by Gasteiger charge is 2.14. The number of hydrogen-bond acceptors (Lipinski definition) is 3. The summed E-state index contributed by atoms with van der Waals surface area (Å²) in [5.74, 6) is -1.01. The van der Waals surface area contributed by atoms with Gasteiger partial charge < -0.3 is 5.11 Å². The third-order valence-corrected chi connectivity index (χ3v) is 4.61. The van der Waals surface area contributed by atoms with Crippen LogP contribution in [0.3, 0.4) is 0 Å². The first-order chi connectivity index (χ1) is 10.5. The Bertz CT molecular complexity index is 639. The Balaban J connectivity index is 2.10. The number of carboxylic acid groups (broad SMARTS) is 1. The van der Waals surface area contributed by atoms with Gasteiger partial charge in [-0.1, -0.05) is 18.2 Å². The molecule has 0 saturated heterocycles. The van der Waals surface area contributed by atoms with Crippen LogP contribution in [0.4, 0.5) is 4.39 Å². The zero-order chi connectivity index (χ0) is 16.1. The molecule has 0 saturated carbocycles. The largest absolute Gasteiger partial charge is 0.481 e. The molecule has 0 aliphatic carbocycles. The number of benzene rings is 1. The molecule has 118 valence electrons. The van der Waals surface area contributed by atoms with Crippen LogP contribution in [0.1, 0.15) is 25.1 Å². The topological polar surface area (TPSA) is 40.5 Å². The number of hydrogen-bond donors (Lipinski definition) is 1. The molecule has 2 aromatic rings. The number of carbonyl (C=O) groups is 1. The second kappa shape index (κ2) is 7.51. The highest BCUT2D eigenvalue weighted by Crippen LogP contribution is 2.30. The van der Waals surface area contributed by atoms with E-state index in [0.717, 1.165) is 9.75 Å². The molecule has 0 atom stereocenters. The fourth-order valence-electron chi connectivity index (χ4n) is 2.23. The molecule has 0 aliphatic heterocycles. The predicted molar refractivity (Wildman–Crippen MR) is 87.5 cm³/mol. The lowest BCUT2D eigenvalue weighted by molar-refractivity contribution is -0.137. The molecule has 1 heterocycles. The van der Waals surface area contributed by atoms with Gasteiger partial charge in [-0.2, -0.15) is 0 Å². The molecular weight excluding hydrogens is 301 g/mol. The number of carboxylic acids is 1. The summed E-state index contributed by atoms with van der Waals surface area (Å²) in [6, 6.07) is 10.9. The van der Waals surface area contributed by atoms with E-state index in [1.807, 2.05) is 32.0 Å². The fraction of sp³-hybridized carbons (Fsp3) is 0.353. The van der Waals surface area contributed by atoms with E-state index in [9.17, 15) is 9.18 Å². The lowest BCUT2D eigenvalue weighted by atomic mass is 10.2. The van der Waals surface area contributed by atoms with Crippen LogP contribution in [0.25, 0.3) is 10.4 Å². The molecule has 0 unspecified atom stereocenters. The van der Waals surface area contributed by atoms with Crippen molar-refractivity contribution in [2.75, 3.05) is 6.54 Å². The normalized spacial score (nSPS) is 11.3. The van der Waals surface area contributed by atoms with Crippen LogP contribution in [0, 0.1) is 5.82 Å². The number of aliphatic carboxylic acids is 1. The standard InChI is InChI=1S/C17H20FNO2S/c1-12(2)19(10-9-17(20)21)11-13-7-8-16(22-13)14-5-3-4-6-15(14)18/h3-8,12H,9-11H2,1-2H3,(H,20,21). The summed E-state index contributed by atoms with van der Waals surface area (Å²) < 4.78 is 13.8. The molecule has 1 aromatic carbocycles. The summed E-state index contributed by atoms with van der Waals surface area (Å²) in [4.78, 5) is 14.9. The van der Waals surface area contributed by atoms with Crippen LogP contribution in [-0.4, -0.2) is 28.6 Å². The van der Waals surface area contributed by atoms with Crippen molar-refractivity contribution in [3.8, 4) is 10.4 Å². The van der Waals surface area contributed by atoms with Crippen LogP contribution in [0.5, 0.6) is 0 Å². The van der Waals surface area contributed by atoms with Gasteiger partial charge in [0, 0.05) is 34.4 Å². The van der Waals surface area contributed by atoms with Crippen molar-refractivity contribution in [3.63, 3.8) is 0 Å². The van der Waals surface area contributed by atoms with E-state index in [0.29, 0.717) is 18.7 Å². The van der Waals surface area contributed by atoms with Gasteiger partial charge in [-0.15, -0.1) is 11.3 Å². The van der Waals surface area contributed by atoms with Crippen molar-refractivity contribution in [1.82, 2.24) is 4.90 Å². The molecule has 0 spiro atoms. The van der Waals surface area contributed by atoms with Crippen molar-refractivity contribution in [2.45, 2.75) is 32.9 Å². The zero-order valence-electron chi connectivity index (χ0n) is 12.8. The Morgan fingerprint density at radius 1 is 1.27 bits per heavy atom. The van der Waals surface area contributed by atoms with Crippen LogP contribution in [0.15, 0.2) is 36.4 Å². The molecule has 0 radical (unpaired) electrons. The van der Waals surface area contributed by atoms with Gasteiger partial charge in [0.2, 0.25) is 0 Å². The van der Waals surface area contributed by atoms with Crippen molar-refractivity contribution in [1.29, 1.82) is 0 Å². The zero-order valence-corrected chi connectivity index (χ0v) is 13.6. The summed E-state index contributed by atoms with van der Waals surface area (Å²) in [5, 5.41) is 8.83. The lowest BCUT2D eigenvalue weighted by Crippen LogP contribution is -2.32. The average molecular weight is 321 g/mol. The van der Waals surface area contributed by atoms with Gasteiger partial charge in [0.05, 0.1) is 6.42 Å². The number of nitrogens with zero attached hydrogens (tertiary/aromatic N) is 1. The minimum atomic E-state index is -0.788. The highest BCUT2D eigenvalue weighted by atomic mass is 32.1. The fourth-order valence-corrected chi connectivity index (χ4v) is 3.29. The molecule has 5 heteroatoms. The number of halogens is 1. The van der Waals surface area contributed by atoms with Gasteiger partial charge in [-0.05, 0) is 32.0 Å². The maximum Gasteiger partial charge on any atom is 0.304 e. The highest BCUT2D eigenvalue weighted by molar-refractivity contribution is 7.15. The Labute approximate surface area is 134 Å². The van der Waals surface area contributed by atoms with Crippen LogP contribution < -0.4 is 0 Å². The predicted octanol–water partition coefficient (Wildman–Crippen LogP) is 4.24. The third-order valence-electron chi connectivity index (χ3n) is 3.50. The average Bonchev–Trinajstić information content (AvgIpc) is 2.91. The van der Waals surface area contributed by atoms with E-state index >= 15 is 0 Å². The third kappa shape index (κ3) is 4.39. The first-order valence-corrected chi connectivity index (χ1v) is 8.08. The van der Waals surface area contributed by atoms with Gasteiger partial charge in [0.25, 0.3) is 0 Å². The van der Waals surface area contributed by atoms with Crippen molar-refractivity contribution >= 4 is 17.3 Å². The summed E-state index contributed by atoms with van der Waals surface area (Å²) >= 11 is 1.55. The van der Waals surface area contributed by atoms with E-state index in [4.69, 9.17) is 5.11 Å². The molecule has 1 N–H and O–H groups in total. The summed E-state index contributed by atoms with van der Waals surface area (Å²) in [6.45, 7) is 5.30. The lowest BCUT2D eigenvalue weighted by Gasteiger charge is -2.25. The van der Waals surface area contributed by atoms with Crippen LogP contribution in [-0.2, 0) is 11.3 Å². The van der Waals surface area contributed by atoms with E-state index < -0.39 is 5.97 Å². The van der Waals surface area contributed by atoms with Gasteiger partial charge >= 0.3 is 5.97 Å². The number of rotatable bonds is 7. The maximum absolute atomic E-state index is 13.8. The SMILES string of the molecule is CC(C)N(CCC(=O)O)Cc1ccc(-c2ccccc2F)s1. The Morgan fingerprint density at radius 2 is 2.00 bits per heavy atom. The summed E-state index contributed by atoms with van der Waals surface area (Å²) in [6.07, 6.45) is 0.129. The Morgan fingerprint density at radius 3 is 2.64 bits per heavy atom. The minimum Gasteiger partial charge on any atom is -0.481 e. The molecule has 0 fully saturated rings. The Hall–Kier alpha value is -1.72. The molecule has 2 rings (SSSR count). The van der Waals surface area contributed by atoms with Gasteiger partial charge in [0.15, 0.2) is 0 Å². The molecule has 22 heavy (non-hydrogen) atoms. The van der Waals surface area contributed by atoms with Gasteiger partial charge in [0.1, 0.15) is 5.82 Å².